The molecule has 5 nitrogen and oxygen atoms in total. The summed E-state index contributed by atoms with van der Waals surface area (Å²) in [5.74, 6) is -2.33. The lowest BCUT2D eigenvalue weighted by atomic mass is 10.2. The number of aromatic nitrogens is 3. The molecule has 0 aliphatic heterocycles. The van der Waals surface area contributed by atoms with Gasteiger partial charge in [-0.25, -0.2) is 4.98 Å². The van der Waals surface area contributed by atoms with Gasteiger partial charge in [-0.2, -0.15) is 13.2 Å². The van der Waals surface area contributed by atoms with E-state index in [2.05, 4.69) is 19.7 Å². The minimum absolute atomic E-state index is 0.210. The second-order valence-corrected chi connectivity index (χ2v) is 5.82. The van der Waals surface area contributed by atoms with Crippen LogP contribution in [0.25, 0.3) is 11.0 Å². The number of nitrogens with one attached hydrogen (secondary N) is 1. The molecule has 25 heavy (non-hydrogen) atoms. The molecule has 2 heterocycles. The number of rotatable bonds is 5. The highest BCUT2D eigenvalue weighted by molar-refractivity contribution is 7.84. The Morgan fingerprint density at radius 3 is 2.96 bits per heavy atom. The number of pyridine rings is 1. The fourth-order valence-electron chi connectivity index (χ4n) is 1.70. The Morgan fingerprint density at radius 2 is 2.20 bits per heavy atom. The summed E-state index contributed by atoms with van der Waals surface area (Å²) in [5, 5.41) is -0.454. The lowest BCUT2D eigenvalue weighted by Crippen LogP contribution is -2.19. The number of H-pyrrole nitrogens is 1. The Balaban J connectivity index is 2.16. The molecule has 0 bridgehead atoms. The molecule has 0 aliphatic rings. The minimum atomic E-state index is -5.64. The van der Waals surface area contributed by atoms with E-state index in [1.807, 2.05) is 0 Å². The van der Waals surface area contributed by atoms with E-state index in [-0.39, 0.29) is 11.0 Å². The first-order valence-corrected chi connectivity index (χ1v) is 7.70. The summed E-state index contributed by atoms with van der Waals surface area (Å²) in [6, 6.07) is -3.54. The first-order chi connectivity index (χ1) is 16.3. The van der Waals surface area contributed by atoms with Gasteiger partial charge in [-0.15, -0.1) is 0 Å². The van der Waals surface area contributed by atoms with Gasteiger partial charge in [-0.05, 0) is 25.0 Å². The third-order valence-corrected chi connectivity index (χ3v) is 3.90. The Morgan fingerprint density at radius 1 is 1.40 bits per heavy atom. The van der Waals surface area contributed by atoms with E-state index in [1.165, 1.54) is 0 Å². The van der Waals surface area contributed by atoms with Crippen LogP contribution in [0.5, 0.6) is 5.75 Å². The highest BCUT2D eigenvalue weighted by Gasteiger charge is 2.29. The van der Waals surface area contributed by atoms with E-state index in [9.17, 15) is 17.4 Å². The predicted molar refractivity (Wildman–Crippen MR) is 86.7 cm³/mol. The topological polar surface area (TPSA) is 67.9 Å². The third kappa shape index (κ3) is 4.16. The van der Waals surface area contributed by atoms with E-state index in [4.69, 9.17) is 15.1 Å². The highest BCUT2D eigenvalue weighted by atomic mass is 32.2. The monoisotopic (exact) mass is 380 g/mol. The van der Waals surface area contributed by atoms with Gasteiger partial charge in [0.15, 0.2) is 11.7 Å². The lowest BCUT2D eigenvalue weighted by Gasteiger charge is -2.13. The minimum Gasteiger partial charge on any atom is -0.484 e. The third-order valence-electron chi connectivity index (χ3n) is 2.74. The number of para-hydroxylation sites is 2. The molecule has 9 heteroatoms. The average Bonchev–Trinajstić information content (AvgIpc) is 3.18. The van der Waals surface area contributed by atoms with Crippen molar-refractivity contribution in [1.82, 2.24) is 15.0 Å². The Hall–Kier alpha value is -2.42. The van der Waals surface area contributed by atoms with Crippen LogP contribution < -0.4 is 4.74 Å². The Kier molecular flexibility index (Phi) is 2.27. The molecule has 0 radical (unpaired) electrons. The number of hydrogen-bond donors (Lipinski definition) is 1. The fourth-order valence-corrected chi connectivity index (χ4v) is 2.71. The number of benzene rings is 1. The molecule has 1 N–H and O–H groups in total. The van der Waals surface area contributed by atoms with Crippen molar-refractivity contribution >= 4 is 21.8 Å². The molecular formula is C16H14F3N3O2S. The molecule has 132 valence electrons. The molecule has 0 spiro atoms. The highest BCUT2D eigenvalue weighted by Crippen LogP contribution is 2.24. The maximum Gasteiger partial charge on any atom is 0.422 e. The van der Waals surface area contributed by atoms with E-state index in [0.717, 1.165) is 0 Å². The van der Waals surface area contributed by atoms with Crippen LogP contribution in [0.1, 0.15) is 26.3 Å². The second kappa shape index (κ2) is 6.83. The number of halogens is 3. The van der Waals surface area contributed by atoms with Gasteiger partial charge in [0, 0.05) is 15.8 Å². The zero-order valence-electron chi connectivity index (χ0n) is 23.0. The fraction of sp³-hybridized carbons (Fsp3) is 0.250. The van der Waals surface area contributed by atoms with Crippen LogP contribution in [0.4, 0.5) is 13.2 Å². The molecule has 0 amide bonds. The average molecular weight is 380 g/mol. The second-order valence-electron chi connectivity index (χ2n) is 4.46. The number of ether oxygens (including phenoxy) is 1. The number of hydrogen-bond acceptors (Lipinski definition) is 4. The Bertz CT molecular complexity index is 1350. The first kappa shape index (κ1) is 8.31. The van der Waals surface area contributed by atoms with E-state index in [1.54, 1.807) is 0 Å². The molecule has 0 saturated carbocycles. The maximum absolute atomic E-state index is 13.1. The van der Waals surface area contributed by atoms with Gasteiger partial charge in [-0.1, -0.05) is 12.1 Å². The zero-order chi connectivity index (χ0) is 27.5. The number of nitrogens with zero attached hydrogens (tertiary/aromatic N) is 2. The van der Waals surface area contributed by atoms with Crippen LogP contribution in [0.15, 0.2) is 41.5 Å². The van der Waals surface area contributed by atoms with E-state index >= 15 is 0 Å². The van der Waals surface area contributed by atoms with Crippen LogP contribution in [-0.4, -0.2) is 31.9 Å². The zero-order valence-corrected chi connectivity index (χ0v) is 12.8. The summed E-state index contributed by atoms with van der Waals surface area (Å²) < 4.78 is 140. The predicted octanol–water partition coefficient (Wildman–Crippen LogP) is 3.52. The van der Waals surface area contributed by atoms with Crippen LogP contribution in [0.3, 0.4) is 0 Å². The summed E-state index contributed by atoms with van der Waals surface area (Å²) in [6.45, 7) is -7.79. The summed E-state index contributed by atoms with van der Waals surface area (Å²) in [5.41, 5.74) is -2.41. The van der Waals surface area contributed by atoms with Crippen LogP contribution in [0, 0.1) is 6.85 Å². The van der Waals surface area contributed by atoms with Crippen molar-refractivity contribution in [3.8, 4) is 5.75 Å². The van der Waals surface area contributed by atoms with Crippen molar-refractivity contribution in [2.75, 3.05) is 6.56 Å². The molecule has 3 rings (SSSR count). The van der Waals surface area contributed by atoms with Gasteiger partial charge in [0.2, 0.25) is 0 Å². The molecule has 1 aromatic carbocycles. The van der Waals surface area contributed by atoms with Crippen LogP contribution in [-0.2, 0) is 16.6 Å². The standard InChI is InChI=1S/C16H14F3N3O2S/c1-10-13(20-7-6-14(10)24-9-16(17,18)19)8-25(23)15-21-11-4-2-3-5-12(11)22-15/h2-7H,8-9H2,1H3,(H,21,22)/i1D3,2D,3D,4D,5D,6D,7D,9D2. The smallest absolute Gasteiger partial charge is 0.422 e. The summed E-state index contributed by atoms with van der Waals surface area (Å²) in [6.07, 6.45) is -6.71. The number of aromatic amines is 1. The number of fused-ring (bicyclic) bond motifs is 1. The molecule has 1 atom stereocenters. The normalized spacial score (nSPS) is 20.5. The lowest BCUT2D eigenvalue weighted by molar-refractivity contribution is -0.153. The number of alkyl halides is 3. The van der Waals surface area contributed by atoms with Gasteiger partial charge in [0.25, 0.3) is 0 Å². The summed E-state index contributed by atoms with van der Waals surface area (Å²) in [7, 11) is -2.39. The van der Waals surface area contributed by atoms with Crippen molar-refractivity contribution in [2.24, 2.45) is 0 Å². The van der Waals surface area contributed by atoms with Crippen molar-refractivity contribution < 1.29 is 37.2 Å². The van der Waals surface area contributed by atoms with Gasteiger partial charge < -0.3 is 9.72 Å². The van der Waals surface area contributed by atoms with Gasteiger partial charge in [-0.3, -0.25) is 9.19 Å². The van der Waals surface area contributed by atoms with Crippen molar-refractivity contribution in [1.29, 1.82) is 0 Å². The van der Waals surface area contributed by atoms with Gasteiger partial charge in [0.05, 0.1) is 44.2 Å². The van der Waals surface area contributed by atoms with E-state index in [0.29, 0.717) is 0 Å². The molecule has 0 saturated heterocycles. The molecule has 0 fully saturated rings. The van der Waals surface area contributed by atoms with E-state index < -0.39 is 94.7 Å². The summed E-state index contributed by atoms with van der Waals surface area (Å²) in [4.78, 5) is 9.83. The van der Waals surface area contributed by atoms with Gasteiger partial charge in [0.1, 0.15) is 5.75 Å². The first-order valence-electron chi connectivity index (χ1n) is 11.9. The maximum atomic E-state index is 13.1. The molecular weight excluding hydrogens is 355 g/mol. The van der Waals surface area contributed by atoms with Crippen molar-refractivity contribution in [2.45, 2.75) is 23.9 Å². The number of imidazole rings is 1. The summed E-state index contributed by atoms with van der Waals surface area (Å²) >= 11 is 0. The van der Waals surface area contributed by atoms with Crippen molar-refractivity contribution in [3.05, 3.63) is 47.6 Å². The van der Waals surface area contributed by atoms with Crippen molar-refractivity contribution in [3.63, 3.8) is 0 Å². The Labute approximate surface area is 159 Å². The quantitative estimate of drug-likeness (QED) is 0.735. The van der Waals surface area contributed by atoms with Crippen LogP contribution >= 0.6 is 0 Å². The largest absolute Gasteiger partial charge is 0.484 e. The molecule has 2 aromatic heterocycles. The SMILES string of the molecule is [2H]c1nc(CS(=O)c2nc3c([2H])c([2H])c([2H])c([2H])c3[nH]2)c(C([2H])([2H])[2H])c(OC([2H])([2H])C(F)(F)F)c1[2H]. The molecule has 1 unspecified atom stereocenters. The molecule has 0 aliphatic carbocycles. The van der Waals surface area contributed by atoms with Crippen LogP contribution in [0.2, 0.25) is 0 Å². The molecule has 3 aromatic rings. The van der Waals surface area contributed by atoms with Gasteiger partial charge >= 0.3 is 6.18 Å².